The third-order valence-corrected chi connectivity index (χ3v) is 3.74. The first-order chi connectivity index (χ1) is 10.1. The summed E-state index contributed by atoms with van der Waals surface area (Å²) in [5, 5.41) is 7.81. The molecule has 21 heavy (non-hydrogen) atoms. The van der Waals surface area contributed by atoms with E-state index in [0.29, 0.717) is 6.61 Å². The third kappa shape index (κ3) is 2.70. The van der Waals surface area contributed by atoms with Gasteiger partial charge < -0.3 is 15.4 Å². The fourth-order valence-corrected chi connectivity index (χ4v) is 2.67. The summed E-state index contributed by atoms with van der Waals surface area (Å²) in [7, 11) is 0. The average molecular weight is 281 g/mol. The van der Waals surface area contributed by atoms with Crippen LogP contribution in [-0.2, 0) is 6.54 Å². The van der Waals surface area contributed by atoms with Crippen molar-refractivity contribution in [2.45, 2.75) is 13.5 Å². The van der Waals surface area contributed by atoms with Gasteiger partial charge in [0.2, 0.25) is 0 Å². The number of anilines is 1. The van der Waals surface area contributed by atoms with Crippen molar-refractivity contribution in [2.24, 2.45) is 5.73 Å². The molecule has 1 aliphatic heterocycles. The molecule has 0 unspecified atom stereocenters. The number of para-hydroxylation sites is 1. The zero-order valence-corrected chi connectivity index (χ0v) is 12.1. The van der Waals surface area contributed by atoms with Crippen molar-refractivity contribution >= 4 is 11.5 Å². The minimum Gasteiger partial charge on any atom is -0.491 e. The largest absolute Gasteiger partial charge is 0.491 e. The maximum absolute atomic E-state index is 7.81. The number of aryl methyl sites for hydroxylation is 1. The number of nitrogens with one attached hydrogen (secondary N) is 1. The minimum atomic E-state index is 0.104. The van der Waals surface area contributed by atoms with Crippen molar-refractivity contribution < 1.29 is 4.74 Å². The number of nitrogen functional groups attached to an aromatic ring is 1. The lowest BCUT2D eigenvalue weighted by Gasteiger charge is -2.25. The first-order valence-corrected chi connectivity index (χ1v) is 7.06. The highest BCUT2D eigenvalue weighted by molar-refractivity contribution is 6.00. The van der Waals surface area contributed by atoms with Crippen molar-refractivity contribution in [2.75, 3.05) is 18.1 Å². The molecule has 3 N–H and O–H groups in total. The maximum Gasteiger partial charge on any atom is 0.124 e. The van der Waals surface area contributed by atoms with Crippen LogP contribution in [-0.4, -0.2) is 19.0 Å². The Morgan fingerprint density at radius 1 is 1.24 bits per heavy atom. The van der Waals surface area contributed by atoms with E-state index in [1.54, 1.807) is 0 Å². The van der Waals surface area contributed by atoms with Crippen molar-refractivity contribution in [3.63, 3.8) is 0 Å². The number of hydrogen-bond acceptors (Lipinski definition) is 3. The molecular weight excluding hydrogens is 262 g/mol. The van der Waals surface area contributed by atoms with Gasteiger partial charge >= 0.3 is 0 Å². The van der Waals surface area contributed by atoms with Gasteiger partial charge in [-0.2, -0.15) is 0 Å². The van der Waals surface area contributed by atoms with Crippen LogP contribution in [0.4, 0.5) is 5.69 Å². The van der Waals surface area contributed by atoms with Gasteiger partial charge in [0.1, 0.15) is 18.2 Å². The SMILES string of the molecule is Cc1ccc(N2CCOc3ccccc3C2)c(C(=N)N)c1. The summed E-state index contributed by atoms with van der Waals surface area (Å²) < 4.78 is 5.80. The van der Waals surface area contributed by atoms with E-state index in [1.165, 1.54) is 0 Å². The van der Waals surface area contributed by atoms with E-state index in [0.717, 1.165) is 41.2 Å². The normalized spacial score (nSPS) is 14.0. The summed E-state index contributed by atoms with van der Waals surface area (Å²) >= 11 is 0. The molecule has 3 rings (SSSR count). The predicted octanol–water partition coefficient (Wildman–Crippen LogP) is 2.68. The molecule has 2 aromatic carbocycles. The Labute approximate surface area is 124 Å². The van der Waals surface area contributed by atoms with Crippen LogP contribution in [0.25, 0.3) is 0 Å². The van der Waals surface area contributed by atoms with E-state index >= 15 is 0 Å². The smallest absolute Gasteiger partial charge is 0.124 e. The van der Waals surface area contributed by atoms with Crippen LogP contribution in [0.1, 0.15) is 16.7 Å². The van der Waals surface area contributed by atoms with Crippen LogP contribution in [0.15, 0.2) is 42.5 Å². The van der Waals surface area contributed by atoms with E-state index in [9.17, 15) is 0 Å². The van der Waals surface area contributed by atoms with Crippen LogP contribution < -0.4 is 15.4 Å². The molecule has 108 valence electrons. The number of hydrogen-bond donors (Lipinski definition) is 2. The summed E-state index contributed by atoms with van der Waals surface area (Å²) in [5.74, 6) is 1.05. The molecule has 4 heteroatoms. The molecule has 0 saturated carbocycles. The second kappa shape index (κ2) is 5.48. The molecule has 0 radical (unpaired) electrons. The van der Waals surface area contributed by atoms with Gasteiger partial charge in [-0.25, -0.2) is 0 Å². The summed E-state index contributed by atoms with van der Waals surface area (Å²) in [4.78, 5) is 2.22. The number of nitrogens with zero attached hydrogens (tertiary/aromatic N) is 1. The summed E-state index contributed by atoms with van der Waals surface area (Å²) in [5.41, 5.74) is 9.79. The molecular formula is C17H19N3O. The quantitative estimate of drug-likeness (QED) is 0.657. The van der Waals surface area contributed by atoms with Crippen LogP contribution in [0.5, 0.6) is 5.75 Å². The van der Waals surface area contributed by atoms with Crippen LogP contribution in [0.2, 0.25) is 0 Å². The molecule has 0 atom stereocenters. The molecule has 0 fully saturated rings. The van der Waals surface area contributed by atoms with Gasteiger partial charge in [0.25, 0.3) is 0 Å². The van der Waals surface area contributed by atoms with Crippen molar-refractivity contribution in [1.82, 2.24) is 0 Å². The van der Waals surface area contributed by atoms with Gasteiger partial charge in [-0.15, -0.1) is 0 Å². The Morgan fingerprint density at radius 2 is 2.05 bits per heavy atom. The lowest BCUT2D eigenvalue weighted by Crippen LogP contribution is -2.28. The summed E-state index contributed by atoms with van der Waals surface area (Å²) in [6.45, 7) is 4.18. The molecule has 0 saturated heterocycles. The number of rotatable bonds is 2. The number of fused-ring (bicyclic) bond motifs is 1. The molecule has 4 nitrogen and oxygen atoms in total. The Hall–Kier alpha value is -2.49. The molecule has 0 aliphatic carbocycles. The highest BCUT2D eigenvalue weighted by atomic mass is 16.5. The second-order valence-electron chi connectivity index (χ2n) is 5.31. The van der Waals surface area contributed by atoms with Crippen molar-refractivity contribution in [1.29, 1.82) is 5.41 Å². The minimum absolute atomic E-state index is 0.104. The standard InChI is InChI=1S/C17H19N3O/c1-12-6-7-15(14(10-12)17(18)19)20-8-9-21-16-5-3-2-4-13(16)11-20/h2-7,10H,8-9,11H2,1H3,(H3,18,19). The van der Waals surface area contributed by atoms with Gasteiger partial charge in [0.05, 0.1) is 6.54 Å². The topological polar surface area (TPSA) is 62.3 Å². The van der Waals surface area contributed by atoms with Crippen LogP contribution in [0, 0.1) is 12.3 Å². The zero-order valence-electron chi connectivity index (χ0n) is 12.1. The van der Waals surface area contributed by atoms with E-state index in [2.05, 4.69) is 17.0 Å². The van der Waals surface area contributed by atoms with E-state index in [4.69, 9.17) is 15.9 Å². The molecule has 0 bridgehead atoms. The molecule has 1 heterocycles. The zero-order chi connectivity index (χ0) is 14.8. The Morgan fingerprint density at radius 3 is 2.86 bits per heavy atom. The molecule has 0 amide bonds. The van der Waals surface area contributed by atoms with Crippen molar-refractivity contribution in [3.8, 4) is 5.75 Å². The maximum atomic E-state index is 7.81. The van der Waals surface area contributed by atoms with Crippen molar-refractivity contribution in [3.05, 3.63) is 59.2 Å². The van der Waals surface area contributed by atoms with Gasteiger partial charge in [0.15, 0.2) is 0 Å². The third-order valence-electron chi connectivity index (χ3n) is 3.74. The molecule has 2 aromatic rings. The lowest BCUT2D eigenvalue weighted by molar-refractivity contribution is 0.331. The first-order valence-electron chi connectivity index (χ1n) is 7.06. The van der Waals surface area contributed by atoms with Gasteiger partial charge in [-0.1, -0.05) is 29.8 Å². The number of benzene rings is 2. The Balaban J connectivity index is 2.00. The van der Waals surface area contributed by atoms with E-state index < -0.39 is 0 Å². The van der Waals surface area contributed by atoms with E-state index in [1.807, 2.05) is 37.3 Å². The fraction of sp³-hybridized carbons (Fsp3) is 0.235. The van der Waals surface area contributed by atoms with Gasteiger partial charge in [0, 0.05) is 23.4 Å². The summed E-state index contributed by atoms with van der Waals surface area (Å²) in [6, 6.07) is 14.2. The van der Waals surface area contributed by atoms with Gasteiger partial charge in [-0.05, 0) is 25.1 Å². The monoisotopic (exact) mass is 281 g/mol. The summed E-state index contributed by atoms with van der Waals surface area (Å²) in [6.07, 6.45) is 0. The predicted molar refractivity (Wildman–Crippen MR) is 85.2 cm³/mol. The Kier molecular flexibility index (Phi) is 3.52. The average Bonchev–Trinajstić information content (AvgIpc) is 2.69. The van der Waals surface area contributed by atoms with E-state index in [-0.39, 0.29) is 5.84 Å². The number of nitrogens with two attached hydrogens (primary N) is 1. The molecule has 0 spiro atoms. The second-order valence-corrected chi connectivity index (χ2v) is 5.31. The highest BCUT2D eigenvalue weighted by Crippen LogP contribution is 2.28. The molecule has 0 aromatic heterocycles. The Bertz CT molecular complexity index is 681. The molecule has 1 aliphatic rings. The first kappa shape index (κ1) is 13.5. The number of amidine groups is 1. The van der Waals surface area contributed by atoms with Crippen LogP contribution in [0.3, 0.4) is 0 Å². The van der Waals surface area contributed by atoms with Crippen LogP contribution >= 0.6 is 0 Å². The highest BCUT2D eigenvalue weighted by Gasteiger charge is 2.18. The van der Waals surface area contributed by atoms with Gasteiger partial charge in [-0.3, -0.25) is 5.41 Å². The fourth-order valence-electron chi connectivity index (χ4n) is 2.67. The number of ether oxygens (including phenoxy) is 1. The lowest BCUT2D eigenvalue weighted by atomic mass is 10.1.